The summed E-state index contributed by atoms with van der Waals surface area (Å²) in [4.78, 5) is 11.6. The van der Waals surface area contributed by atoms with Crippen LogP contribution < -0.4 is 0 Å². The van der Waals surface area contributed by atoms with E-state index in [1.165, 1.54) is 11.6 Å². The van der Waals surface area contributed by atoms with Crippen LogP contribution in [0.1, 0.15) is 30.1 Å². The lowest BCUT2D eigenvalue weighted by Crippen LogP contribution is -2.04. The zero-order valence-corrected chi connectivity index (χ0v) is 9.60. The van der Waals surface area contributed by atoms with Crippen LogP contribution in [0.2, 0.25) is 0 Å². The number of aromatic nitrogens is 1. The van der Waals surface area contributed by atoms with Crippen molar-refractivity contribution in [2.24, 2.45) is 0 Å². The van der Waals surface area contributed by atoms with E-state index in [-0.39, 0.29) is 5.91 Å². The van der Waals surface area contributed by atoms with Crippen LogP contribution in [0.5, 0.6) is 0 Å². The molecule has 0 aliphatic heterocycles. The molecule has 2 nitrogen and oxygen atoms in total. The fourth-order valence-corrected chi connectivity index (χ4v) is 1.99. The van der Waals surface area contributed by atoms with E-state index in [0.29, 0.717) is 5.92 Å². The second-order valence-electron chi connectivity index (χ2n) is 4.16. The Morgan fingerprint density at radius 1 is 1.38 bits per heavy atom. The summed E-state index contributed by atoms with van der Waals surface area (Å²) in [5.74, 6) is 0.370. The number of fused-ring (bicyclic) bond motifs is 1. The molecule has 82 valence electrons. The Labute approximate surface area is 95.2 Å². The van der Waals surface area contributed by atoms with E-state index in [1.807, 2.05) is 18.2 Å². The van der Waals surface area contributed by atoms with Gasteiger partial charge in [0, 0.05) is 11.6 Å². The average Bonchev–Trinajstić information content (AvgIpc) is 2.71. The van der Waals surface area contributed by atoms with Crippen molar-refractivity contribution in [3.05, 3.63) is 48.7 Å². The summed E-state index contributed by atoms with van der Waals surface area (Å²) in [5.41, 5.74) is 2.23. The maximum Gasteiger partial charge on any atom is 0.254 e. The van der Waals surface area contributed by atoms with Gasteiger partial charge in [-0.1, -0.05) is 32.6 Å². The van der Waals surface area contributed by atoms with Crippen molar-refractivity contribution in [2.45, 2.75) is 19.8 Å². The quantitative estimate of drug-likeness (QED) is 0.699. The smallest absolute Gasteiger partial charge is 0.254 e. The monoisotopic (exact) mass is 213 g/mol. The van der Waals surface area contributed by atoms with Gasteiger partial charge in [-0.05, 0) is 29.7 Å². The molecule has 2 heteroatoms. The molecule has 16 heavy (non-hydrogen) atoms. The van der Waals surface area contributed by atoms with Gasteiger partial charge in [-0.25, -0.2) is 0 Å². The molecular weight excluding hydrogens is 198 g/mol. The maximum absolute atomic E-state index is 11.6. The highest BCUT2D eigenvalue weighted by atomic mass is 16.1. The van der Waals surface area contributed by atoms with Crippen molar-refractivity contribution in [1.82, 2.24) is 4.57 Å². The molecule has 0 aliphatic carbocycles. The van der Waals surface area contributed by atoms with E-state index in [4.69, 9.17) is 0 Å². The summed E-state index contributed by atoms with van der Waals surface area (Å²) < 4.78 is 1.63. The van der Waals surface area contributed by atoms with Crippen LogP contribution >= 0.6 is 0 Å². The highest BCUT2D eigenvalue weighted by molar-refractivity contribution is 5.98. The fraction of sp³-hybridized carbons (Fsp3) is 0.214. The van der Waals surface area contributed by atoms with Crippen LogP contribution in [0.3, 0.4) is 0 Å². The fourth-order valence-electron chi connectivity index (χ4n) is 1.99. The molecule has 0 radical (unpaired) electrons. The first-order chi connectivity index (χ1) is 7.65. The Morgan fingerprint density at radius 3 is 2.75 bits per heavy atom. The van der Waals surface area contributed by atoms with Gasteiger partial charge >= 0.3 is 0 Å². The summed E-state index contributed by atoms with van der Waals surface area (Å²) in [7, 11) is 0. The largest absolute Gasteiger partial charge is 0.284 e. The summed E-state index contributed by atoms with van der Waals surface area (Å²) >= 11 is 0. The molecule has 0 amide bonds. The molecule has 1 aromatic heterocycles. The van der Waals surface area contributed by atoms with Gasteiger partial charge in [-0.2, -0.15) is 0 Å². The average molecular weight is 213 g/mol. The van der Waals surface area contributed by atoms with Gasteiger partial charge < -0.3 is 0 Å². The topological polar surface area (TPSA) is 22.0 Å². The maximum atomic E-state index is 11.6. The number of carbonyl (C=O) groups excluding carboxylic acids is 1. The number of hydrogen-bond acceptors (Lipinski definition) is 1. The number of benzene rings is 1. The number of allylic oxidation sites excluding steroid dienone is 1. The van der Waals surface area contributed by atoms with E-state index in [1.54, 1.807) is 10.8 Å². The van der Waals surface area contributed by atoms with E-state index < -0.39 is 0 Å². The minimum atomic E-state index is -0.0871. The van der Waals surface area contributed by atoms with Crippen LogP contribution in [0, 0.1) is 0 Å². The highest BCUT2D eigenvalue weighted by Crippen LogP contribution is 2.26. The van der Waals surface area contributed by atoms with Crippen LogP contribution in [0.25, 0.3) is 10.9 Å². The molecule has 1 aromatic carbocycles. The van der Waals surface area contributed by atoms with Crippen molar-refractivity contribution in [3.8, 4) is 0 Å². The lowest BCUT2D eigenvalue weighted by Gasteiger charge is -2.07. The number of rotatable bonds is 2. The predicted octanol–water partition coefficient (Wildman–Crippen LogP) is 3.59. The summed E-state index contributed by atoms with van der Waals surface area (Å²) in [6.45, 7) is 7.82. The standard InChI is InChI=1S/C14H15NO/c1-4-14(16)15-9-8-12-11(10(2)3)6-5-7-13(12)15/h4-10H,1H2,2-3H3. The van der Waals surface area contributed by atoms with E-state index >= 15 is 0 Å². The van der Waals surface area contributed by atoms with Gasteiger partial charge in [-0.15, -0.1) is 0 Å². The Kier molecular flexibility index (Phi) is 2.65. The zero-order chi connectivity index (χ0) is 11.7. The molecule has 2 aromatic rings. The molecule has 0 saturated heterocycles. The third-order valence-electron chi connectivity index (χ3n) is 2.80. The molecule has 0 spiro atoms. The number of nitrogens with zero attached hydrogens (tertiary/aromatic N) is 1. The Morgan fingerprint density at radius 2 is 2.12 bits per heavy atom. The van der Waals surface area contributed by atoms with Crippen LogP contribution in [0.15, 0.2) is 43.1 Å². The molecule has 0 saturated carbocycles. The Bertz CT molecular complexity index is 549. The van der Waals surface area contributed by atoms with E-state index in [2.05, 4.69) is 26.5 Å². The molecule has 0 unspecified atom stereocenters. The molecule has 0 atom stereocenters. The first-order valence-corrected chi connectivity index (χ1v) is 5.42. The summed E-state index contributed by atoms with van der Waals surface area (Å²) in [5, 5.41) is 1.15. The van der Waals surface area contributed by atoms with Crippen molar-refractivity contribution < 1.29 is 4.79 Å². The van der Waals surface area contributed by atoms with Crippen LogP contribution in [-0.2, 0) is 0 Å². The highest BCUT2D eigenvalue weighted by Gasteiger charge is 2.10. The first kappa shape index (κ1) is 10.7. The van der Waals surface area contributed by atoms with Crippen LogP contribution in [-0.4, -0.2) is 10.5 Å². The normalized spacial score (nSPS) is 10.9. The molecule has 0 aliphatic rings. The first-order valence-electron chi connectivity index (χ1n) is 5.42. The van der Waals surface area contributed by atoms with Crippen molar-refractivity contribution >= 4 is 16.8 Å². The minimum absolute atomic E-state index is 0.0871. The van der Waals surface area contributed by atoms with Gasteiger partial charge in [0.25, 0.3) is 5.91 Å². The lowest BCUT2D eigenvalue weighted by molar-refractivity contribution is 0.0974. The third kappa shape index (κ3) is 1.56. The molecule has 0 bridgehead atoms. The molecule has 0 fully saturated rings. The third-order valence-corrected chi connectivity index (χ3v) is 2.80. The lowest BCUT2D eigenvalue weighted by atomic mass is 9.99. The van der Waals surface area contributed by atoms with E-state index in [0.717, 1.165) is 10.9 Å². The molecule has 2 rings (SSSR count). The van der Waals surface area contributed by atoms with Crippen molar-refractivity contribution in [1.29, 1.82) is 0 Å². The Balaban J connectivity index is 2.70. The van der Waals surface area contributed by atoms with Gasteiger partial charge in [-0.3, -0.25) is 9.36 Å². The second kappa shape index (κ2) is 3.97. The molecule has 0 N–H and O–H groups in total. The van der Waals surface area contributed by atoms with Crippen molar-refractivity contribution in [2.75, 3.05) is 0 Å². The molecule has 1 heterocycles. The Hall–Kier alpha value is -1.83. The van der Waals surface area contributed by atoms with Gasteiger partial charge in [0.1, 0.15) is 0 Å². The number of hydrogen-bond donors (Lipinski definition) is 0. The van der Waals surface area contributed by atoms with Crippen LogP contribution in [0.4, 0.5) is 0 Å². The van der Waals surface area contributed by atoms with Crippen molar-refractivity contribution in [3.63, 3.8) is 0 Å². The zero-order valence-electron chi connectivity index (χ0n) is 9.60. The van der Waals surface area contributed by atoms with Gasteiger partial charge in [0.05, 0.1) is 5.52 Å². The van der Waals surface area contributed by atoms with Gasteiger partial charge in [0.15, 0.2) is 0 Å². The summed E-state index contributed by atoms with van der Waals surface area (Å²) in [6.07, 6.45) is 3.14. The van der Waals surface area contributed by atoms with E-state index in [9.17, 15) is 4.79 Å². The minimum Gasteiger partial charge on any atom is -0.284 e. The summed E-state index contributed by atoms with van der Waals surface area (Å²) in [6, 6.07) is 8.05. The number of carbonyl (C=O) groups is 1. The molecular formula is C14H15NO. The predicted molar refractivity (Wildman–Crippen MR) is 66.9 cm³/mol. The van der Waals surface area contributed by atoms with Gasteiger partial charge in [0.2, 0.25) is 0 Å². The second-order valence-corrected chi connectivity index (χ2v) is 4.16. The SMILES string of the molecule is C=CC(=O)n1ccc2c(C(C)C)cccc21.